The van der Waals surface area contributed by atoms with E-state index in [1.807, 2.05) is 6.07 Å². The summed E-state index contributed by atoms with van der Waals surface area (Å²) in [6.07, 6.45) is 0. The minimum Gasteiger partial charge on any atom is -0.495 e. The molecular formula is C11H13NO3S. The first-order chi connectivity index (χ1) is 7.52. The van der Waals surface area contributed by atoms with Gasteiger partial charge in [0.05, 0.1) is 18.4 Å². The van der Waals surface area contributed by atoms with Gasteiger partial charge in [-0.15, -0.1) is 0 Å². The number of benzene rings is 1. The Morgan fingerprint density at radius 1 is 1.44 bits per heavy atom. The van der Waals surface area contributed by atoms with Crippen molar-refractivity contribution in [2.24, 2.45) is 0 Å². The fourth-order valence-corrected chi connectivity index (χ4v) is 2.18. The van der Waals surface area contributed by atoms with E-state index in [-0.39, 0.29) is 11.5 Å². The molecule has 0 N–H and O–H groups in total. The summed E-state index contributed by atoms with van der Waals surface area (Å²) >= 11 is 0. The molecule has 16 heavy (non-hydrogen) atoms. The van der Waals surface area contributed by atoms with Crippen LogP contribution in [0.2, 0.25) is 0 Å². The first kappa shape index (κ1) is 12.5. The standard InChI is InChI=1S/C11H13NO3S/c1-3-16(13,14)8-9-4-5-11(15-2)10(6-9)7-12/h4-6H,3,8H2,1-2H3. The van der Waals surface area contributed by atoms with Gasteiger partial charge in [-0.25, -0.2) is 8.42 Å². The molecule has 0 saturated heterocycles. The number of hydrogen-bond acceptors (Lipinski definition) is 4. The van der Waals surface area contributed by atoms with E-state index in [0.717, 1.165) is 0 Å². The molecule has 0 saturated carbocycles. The zero-order chi connectivity index (χ0) is 12.2. The number of nitrogens with zero attached hydrogens (tertiary/aromatic N) is 1. The van der Waals surface area contributed by atoms with Gasteiger partial charge in [-0.3, -0.25) is 0 Å². The molecule has 1 aromatic rings. The van der Waals surface area contributed by atoms with Gasteiger partial charge >= 0.3 is 0 Å². The van der Waals surface area contributed by atoms with Crippen LogP contribution in [0.15, 0.2) is 18.2 Å². The minimum atomic E-state index is -3.07. The summed E-state index contributed by atoms with van der Waals surface area (Å²) in [5, 5.41) is 8.85. The molecule has 4 nitrogen and oxygen atoms in total. The maximum Gasteiger partial charge on any atom is 0.154 e. The topological polar surface area (TPSA) is 67.2 Å². The quantitative estimate of drug-likeness (QED) is 0.798. The van der Waals surface area contributed by atoms with E-state index in [2.05, 4.69) is 0 Å². The van der Waals surface area contributed by atoms with Gasteiger partial charge in [-0.05, 0) is 17.7 Å². The SMILES string of the molecule is CCS(=O)(=O)Cc1ccc(OC)c(C#N)c1. The van der Waals surface area contributed by atoms with Gasteiger partial charge in [-0.1, -0.05) is 13.0 Å². The van der Waals surface area contributed by atoms with Crippen molar-refractivity contribution in [2.45, 2.75) is 12.7 Å². The highest BCUT2D eigenvalue weighted by Gasteiger charge is 2.11. The van der Waals surface area contributed by atoms with Crippen LogP contribution in [-0.2, 0) is 15.6 Å². The van der Waals surface area contributed by atoms with Crippen molar-refractivity contribution < 1.29 is 13.2 Å². The molecule has 0 aliphatic carbocycles. The number of nitriles is 1. The molecule has 0 aliphatic rings. The maximum atomic E-state index is 11.4. The molecule has 0 heterocycles. The Morgan fingerprint density at radius 3 is 2.62 bits per heavy atom. The normalized spacial score (nSPS) is 10.8. The van der Waals surface area contributed by atoms with Crippen molar-refractivity contribution in [3.63, 3.8) is 0 Å². The molecule has 5 heteroatoms. The van der Waals surface area contributed by atoms with Gasteiger partial charge in [-0.2, -0.15) is 5.26 Å². The molecule has 86 valence electrons. The monoisotopic (exact) mass is 239 g/mol. The van der Waals surface area contributed by atoms with Crippen LogP contribution >= 0.6 is 0 Å². The van der Waals surface area contributed by atoms with Crippen LogP contribution in [0.4, 0.5) is 0 Å². The van der Waals surface area contributed by atoms with Gasteiger partial charge in [0, 0.05) is 5.75 Å². The van der Waals surface area contributed by atoms with Gasteiger partial charge in [0.15, 0.2) is 9.84 Å². The summed E-state index contributed by atoms with van der Waals surface area (Å²) in [4.78, 5) is 0. The summed E-state index contributed by atoms with van der Waals surface area (Å²) in [5.41, 5.74) is 0.963. The van der Waals surface area contributed by atoms with Crippen molar-refractivity contribution in [3.05, 3.63) is 29.3 Å². The highest BCUT2D eigenvalue weighted by Crippen LogP contribution is 2.20. The molecule has 0 radical (unpaired) electrons. The Balaban J connectivity index is 3.06. The second-order valence-electron chi connectivity index (χ2n) is 3.32. The van der Waals surface area contributed by atoms with Gasteiger partial charge < -0.3 is 4.74 Å². The van der Waals surface area contributed by atoms with Gasteiger partial charge in [0.1, 0.15) is 11.8 Å². The second-order valence-corrected chi connectivity index (χ2v) is 5.68. The summed E-state index contributed by atoms with van der Waals surface area (Å²) < 4.78 is 27.8. The number of hydrogen-bond donors (Lipinski definition) is 0. The molecule has 1 rings (SSSR count). The summed E-state index contributed by atoms with van der Waals surface area (Å²) in [5.74, 6) is 0.517. The van der Waals surface area contributed by atoms with E-state index in [1.54, 1.807) is 25.1 Å². The van der Waals surface area contributed by atoms with Crippen LogP contribution in [0.3, 0.4) is 0 Å². The molecule has 0 amide bonds. The zero-order valence-electron chi connectivity index (χ0n) is 9.23. The van der Waals surface area contributed by atoms with E-state index in [4.69, 9.17) is 10.00 Å². The van der Waals surface area contributed by atoms with Crippen molar-refractivity contribution in [2.75, 3.05) is 12.9 Å². The van der Waals surface area contributed by atoms with Crippen LogP contribution in [0.1, 0.15) is 18.1 Å². The molecule has 0 aromatic heterocycles. The van der Waals surface area contributed by atoms with Crippen LogP contribution in [0.25, 0.3) is 0 Å². The molecular weight excluding hydrogens is 226 g/mol. The minimum absolute atomic E-state index is 0.0395. The Bertz CT molecular complexity index is 515. The van der Waals surface area contributed by atoms with E-state index >= 15 is 0 Å². The van der Waals surface area contributed by atoms with Crippen molar-refractivity contribution in [1.82, 2.24) is 0 Å². The molecule has 0 aliphatic heterocycles. The molecule has 0 spiro atoms. The van der Waals surface area contributed by atoms with Gasteiger partial charge in [0.2, 0.25) is 0 Å². The van der Waals surface area contributed by atoms with Crippen LogP contribution < -0.4 is 4.74 Å². The first-order valence-electron chi connectivity index (χ1n) is 4.80. The fourth-order valence-electron chi connectivity index (χ4n) is 1.29. The van der Waals surface area contributed by atoms with Crippen molar-refractivity contribution in [1.29, 1.82) is 5.26 Å². The lowest BCUT2D eigenvalue weighted by Crippen LogP contribution is -2.06. The average Bonchev–Trinajstić information content (AvgIpc) is 2.28. The fraction of sp³-hybridized carbons (Fsp3) is 0.364. The lowest BCUT2D eigenvalue weighted by molar-refractivity contribution is 0.413. The molecule has 0 unspecified atom stereocenters. The molecule has 1 aromatic carbocycles. The van der Waals surface area contributed by atoms with E-state index in [9.17, 15) is 8.42 Å². The lowest BCUT2D eigenvalue weighted by Gasteiger charge is -2.05. The smallest absolute Gasteiger partial charge is 0.154 e. The predicted octanol–water partition coefficient (Wildman–Crippen LogP) is 1.50. The second kappa shape index (κ2) is 4.99. The Hall–Kier alpha value is -1.54. The molecule has 0 bridgehead atoms. The zero-order valence-corrected chi connectivity index (χ0v) is 10.0. The van der Waals surface area contributed by atoms with Crippen molar-refractivity contribution >= 4 is 9.84 Å². The third-order valence-corrected chi connectivity index (χ3v) is 3.86. The van der Waals surface area contributed by atoms with E-state index < -0.39 is 9.84 Å². The number of methoxy groups -OCH3 is 1. The number of ether oxygens (including phenoxy) is 1. The predicted molar refractivity (Wildman–Crippen MR) is 60.9 cm³/mol. The van der Waals surface area contributed by atoms with Gasteiger partial charge in [0.25, 0.3) is 0 Å². The summed E-state index contributed by atoms with van der Waals surface area (Å²) in [6, 6.07) is 6.79. The Labute approximate surface area is 95.4 Å². The third-order valence-electron chi connectivity index (χ3n) is 2.21. The average molecular weight is 239 g/mol. The third kappa shape index (κ3) is 2.97. The maximum absolute atomic E-state index is 11.4. The number of sulfone groups is 1. The van der Waals surface area contributed by atoms with E-state index in [1.165, 1.54) is 7.11 Å². The highest BCUT2D eigenvalue weighted by atomic mass is 32.2. The highest BCUT2D eigenvalue weighted by molar-refractivity contribution is 7.90. The van der Waals surface area contributed by atoms with E-state index in [0.29, 0.717) is 16.9 Å². The summed E-state index contributed by atoms with van der Waals surface area (Å²) in [7, 11) is -1.60. The van der Waals surface area contributed by atoms with Crippen molar-refractivity contribution in [3.8, 4) is 11.8 Å². The van der Waals surface area contributed by atoms with Crippen LogP contribution in [0, 0.1) is 11.3 Å². The Kier molecular flexibility index (Phi) is 3.91. The molecule has 0 atom stereocenters. The first-order valence-corrected chi connectivity index (χ1v) is 6.62. The Morgan fingerprint density at radius 2 is 2.12 bits per heavy atom. The molecule has 0 fully saturated rings. The van der Waals surface area contributed by atoms with Crippen LogP contribution in [0.5, 0.6) is 5.75 Å². The largest absolute Gasteiger partial charge is 0.495 e. The number of rotatable bonds is 4. The lowest BCUT2D eigenvalue weighted by atomic mass is 10.1. The summed E-state index contributed by atoms with van der Waals surface area (Å²) in [6.45, 7) is 1.60. The van der Waals surface area contributed by atoms with Crippen LogP contribution in [-0.4, -0.2) is 21.3 Å².